The van der Waals surface area contributed by atoms with E-state index in [1.807, 2.05) is 42.5 Å². The largest absolute Gasteiger partial charge is 0.389 e. The van der Waals surface area contributed by atoms with Crippen molar-refractivity contribution in [2.75, 3.05) is 6.54 Å². The van der Waals surface area contributed by atoms with E-state index in [0.29, 0.717) is 6.54 Å². The van der Waals surface area contributed by atoms with Crippen LogP contribution in [0.15, 0.2) is 54.6 Å². The molecule has 0 bridgehead atoms. The molecule has 3 N–H and O–H groups in total. The minimum Gasteiger partial charge on any atom is -0.389 e. The molecule has 0 spiro atoms. The fourth-order valence-electron chi connectivity index (χ4n) is 2.54. The second kappa shape index (κ2) is 6.37. The summed E-state index contributed by atoms with van der Waals surface area (Å²) >= 11 is 0. The van der Waals surface area contributed by atoms with Crippen molar-refractivity contribution in [1.29, 1.82) is 0 Å². The zero-order valence-electron chi connectivity index (χ0n) is 10.9. The Morgan fingerprint density at radius 1 is 0.850 bits per heavy atom. The number of β-amino-alcohol motifs (C(OH)–C–C–N with tert-alkyl or cyclic N) is 1. The second-order valence-corrected chi connectivity index (χ2v) is 4.93. The predicted octanol–water partition coefficient (Wildman–Crippen LogP) is 2.14. The van der Waals surface area contributed by atoms with Gasteiger partial charge in [0.2, 0.25) is 0 Å². The highest BCUT2D eigenvalue weighted by atomic mass is 35.5. The van der Waals surface area contributed by atoms with E-state index < -0.39 is 12.2 Å². The van der Waals surface area contributed by atoms with E-state index in [2.05, 4.69) is 17.4 Å². The molecule has 3 rings (SSSR count). The summed E-state index contributed by atoms with van der Waals surface area (Å²) in [6.45, 7) is 0.437. The average molecular weight is 292 g/mol. The Balaban J connectivity index is 0.00000147. The molecule has 2 aromatic rings. The Morgan fingerprint density at radius 2 is 1.45 bits per heavy atom. The minimum atomic E-state index is -0.734. The zero-order chi connectivity index (χ0) is 13.2. The third-order valence-corrected chi connectivity index (χ3v) is 3.66. The zero-order valence-corrected chi connectivity index (χ0v) is 11.8. The van der Waals surface area contributed by atoms with Gasteiger partial charge >= 0.3 is 0 Å². The fourth-order valence-corrected chi connectivity index (χ4v) is 2.54. The molecule has 20 heavy (non-hydrogen) atoms. The lowest BCUT2D eigenvalue weighted by molar-refractivity contribution is 0.0405. The van der Waals surface area contributed by atoms with Crippen molar-refractivity contribution in [3.05, 3.63) is 60.2 Å². The summed E-state index contributed by atoms with van der Waals surface area (Å²) in [6, 6.07) is 18.1. The number of nitrogens with one attached hydrogen (secondary N) is 1. The third kappa shape index (κ3) is 2.86. The van der Waals surface area contributed by atoms with E-state index in [1.54, 1.807) is 0 Å². The molecule has 0 aliphatic carbocycles. The van der Waals surface area contributed by atoms with E-state index in [4.69, 9.17) is 0 Å². The van der Waals surface area contributed by atoms with E-state index in [1.165, 1.54) is 5.56 Å². The molecule has 4 heteroatoms. The van der Waals surface area contributed by atoms with Gasteiger partial charge in [-0.1, -0.05) is 54.6 Å². The molecule has 0 aromatic heterocycles. The Bertz CT molecular complexity index is 544. The number of benzene rings is 2. The first-order valence-corrected chi connectivity index (χ1v) is 6.50. The summed E-state index contributed by atoms with van der Waals surface area (Å²) < 4.78 is 0. The Labute approximate surface area is 124 Å². The standard InChI is InChI=1S/C16H17NO2.ClH/c18-14-10-17-15(16(14)19)13-8-6-12(7-9-13)11-4-2-1-3-5-11;/h1-9,14-19H,10H2;1H/t14-,15-,16+;/m0./s1. The molecule has 2 aromatic carbocycles. The van der Waals surface area contributed by atoms with Crippen molar-refractivity contribution < 1.29 is 10.2 Å². The minimum absolute atomic E-state index is 0. The molecule has 1 saturated heterocycles. The van der Waals surface area contributed by atoms with Gasteiger partial charge in [0, 0.05) is 6.54 Å². The summed E-state index contributed by atoms with van der Waals surface area (Å²) in [5.74, 6) is 0. The predicted molar refractivity (Wildman–Crippen MR) is 81.9 cm³/mol. The fraction of sp³-hybridized carbons (Fsp3) is 0.250. The summed E-state index contributed by atoms with van der Waals surface area (Å²) in [5, 5.41) is 22.6. The van der Waals surface area contributed by atoms with Crippen LogP contribution in [0.4, 0.5) is 0 Å². The van der Waals surface area contributed by atoms with Gasteiger partial charge in [0.05, 0.1) is 12.1 Å². The van der Waals surface area contributed by atoms with E-state index in [0.717, 1.165) is 11.1 Å². The van der Waals surface area contributed by atoms with Crippen molar-refractivity contribution in [2.45, 2.75) is 18.2 Å². The smallest absolute Gasteiger partial charge is 0.101 e. The van der Waals surface area contributed by atoms with Gasteiger partial charge in [-0.25, -0.2) is 0 Å². The maximum absolute atomic E-state index is 9.88. The Hall–Kier alpha value is -1.39. The summed E-state index contributed by atoms with van der Waals surface area (Å²) in [7, 11) is 0. The molecule has 0 amide bonds. The molecule has 1 fully saturated rings. The highest BCUT2D eigenvalue weighted by molar-refractivity contribution is 5.85. The first kappa shape index (κ1) is 15.0. The maximum Gasteiger partial charge on any atom is 0.101 e. The van der Waals surface area contributed by atoms with Crippen LogP contribution in [0.25, 0.3) is 11.1 Å². The first-order valence-electron chi connectivity index (χ1n) is 6.50. The highest BCUT2D eigenvalue weighted by Crippen LogP contribution is 2.26. The summed E-state index contributed by atoms with van der Waals surface area (Å²) in [6.07, 6.45) is -1.42. The second-order valence-electron chi connectivity index (χ2n) is 4.93. The van der Waals surface area contributed by atoms with Gasteiger partial charge in [-0.15, -0.1) is 12.4 Å². The first-order chi connectivity index (χ1) is 9.25. The monoisotopic (exact) mass is 291 g/mol. The van der Waals surface area contributed by atoms with E-state index in [9.17, 15) is 10.2 Å². The summed E-state index contributed by atoms with van der Waals surface area (Å²) in [4.78, 5) is 0. The summed E-state index contributed by atoms with van der Waals surface area (Å²) in [5.41, 5.74) is 3.33. The maximum atomic E-state index is 9.88. The number of aliphatic hydroxyl groups is 2. The van der Waals surface area contributed by atoms with Crippen LogP contribution in [0, 0.1) is 0 Å². The van der Waals surface area contributed by atoms with Crippen LogP contribution in [-0.2, 0) is 0 Å². The van der Waals surface area contributed by atoms with Crippen molar-refractivity contribution >= 4 is 12.4 Å². The third-order valence-electron chi connectivity index (χ3n) is 3.66. The van der Waals surface area contributed by atoms with Gasteiger partial charge in [-0.2, -0.15) is 0 Å². The van der Waals surface area contributed by atoms with Gasteiger partial charge < -0.3 is 15.5 Å². The normalized spacial score (nSPS) is 25.2. The number of aliphatic hydroxyl groups excluding tert-OH is 2. The molecular weight excluding hydrogens is 274 g/mol. The quantitative estimate of drug-likeness (QED) is 0.795. The van der Waals surface area contributed by atoms with Crippen LogP contribution >= 0.6 is 12.4 Å². The van der Waals surface area contributed by atoms with Crippen LogP contribution in [0.3, 0.4) is 0 Å². The van der Waals surface area contributed by atoms with Crippen LogP contribution in [0.2, 0.25) is 0 Å². The molecule has 1 heterocycles. The van der Waals surface area contributed by atoms with Crippen LogP contribution < -0.4 is 5.32 Å². The topological polar surface area (TPSA) is 52.5 Å². The van der Waals surface area contributed by atoms with Crippen LogP contribution in [-0.4, -0.2) is 29.0 Å². The van der Waals surface area contributed by atoms with Gasteiger partial charge in [-0.3, -0.25) is 0 Å². The molecule has 3 nitrogen and oxygen atoms in total. The van der Waals surface area contributed by atoms with E-state index in [-0.39, 0.29) is 18.4 Å². The molecular formula is C16H18ClNO2. The Kier molecular flexibility index (Phi) is 4.78. The SMILES string of the molecule is Cl.O[C@@H]1[C@@H](O)CN[C@H]1c1ccc(-c2ccccc2)cc1. The van der Waals surface area contributed by atoms with Gasteiger partial charge in [-0.05, 0) is 16.7 Å². The number of hydrogen-bond acceptors (Lipinski definition) is 3. The van der Waals surface area contributed by atoms with Crippen molar-refractivity contribution in [1.82, 2.24) is 5.32 Å². The lowest BCUT2D eigenvalue weighted by atomic mass is 9.98. The lowest BCUT2D eigenvalue weighted by Crippen LogP contribution is -2.25. The average Bonchev–Trinajstić information content (AvgIpc) is 2.80. The highest BCUT2D eigenvalue weighted by Gasteiger charge is 2.33. The van der Waals surface area contributed by atoms with Gasteiger partial charge in [0.1, 0.15) is 6.10 Å². The van der Waals surface area contributed by atoms with Crippen molar-refractivity contribution in [2.24, 2.45) is 0 Å². The number of hydrogen-bond donors (Lipinski definition) is 3. The Morgan fingerprint density at radius 3 is 2.00 bits per heavy atom. The number of rotatable bonds is 2. The van der Waals surface area contributed by atoms with Gasteiger partial charge in [0.25, 0.3) is 0 Å². The molecule has 1 aliphatic rings. The number of halogens is 1. The van der Waals surface area contributed by atoms with Crippen LogP contribution in [0.5, 0.6) is 0 Å². The molecule has 1 aliphatic heterocycles. The van der Waals surface area contributed by atoms with Crippen molar-refractivity contribution in [3.63, 3.8) is 0 Å². The molecule has 0 saturated carbocycles. The van der Waals surface area contributed by atoms with E-state index >= 15 is 0 Å². The lowest BCUT2D eigenvalue weighted by Gasteiger charge is -2.16. The molecule has 0 unspecified atom stereocenters. The van der Waals surface area contributed by atoms with Crippen molar-refractivity contribution in [3.8, 4) is 11.1 Å². The molecule has 0 radical (unpaired) electrons. The molecule has 106 valence electrons. The molecule has 3 atom stereocenters. The van der Waals surface area contributed by atoms with Crippen LogP contribution in [0.1, 0.15) is 11.6 Å². The van der Waals surface area contributed by atoms with Gasteiger partial charge in [0.15, 0.2) is 0 Å².